The van der Waals surface area contributed by atoms with Crippen LogP contribution in [-0.2, 0) is 4.79 Å². The topological polar surface area (TPSA) is 64.3 Å². The highest BCUT2D eigenvalue weighted by Crippen LogP contribution is 2.23. The third-order valence-corrected chi connectivity index (χ3v) is 3.02. The molecule has 21 heavy (non-hydrogen) atoms. The van der Waals surface area contributed by atoms with Crippen LogP contribution in [0, 0.1) is 12.7 Å². The predicted octanol–water partition coefficient (Wildman–Crippen LogP) is 3.39. The van der Waals surface area contributed by atoms with Crippen molar-refractivity contribution in [3.63, 3.8) is 0 Å². The fourth-order valence-electron chi connectivity index (χ4n) is 1.69. The number of nitrogen functional groups attached to an aromatic ring is 1. The zero-order chi connectivity index (χ0) is 15.4. The third-order valence-electron chi connectivity index (χ3n) is 2.79. The minimum atomic E-state index is -0.603. The Balaban J connectivity index is 1.97. The van der Waals surface area contributed by atoms with E-state index >= 15 is 0 Å². The van der Waals surface area contributed by atoms with Gasteiger partial charge in [0.05, 0.1) is 0 Å². The number of nitrogens with one attached hydrogen (secondary N) is 1. The van der Waals surface area contributed by atoms with E-state index in [0.29, 0.717) is 22.0 Å². The standard InChI is InChI=1S/C15H14ClFN2O2/c1-9-5-14(12(17)7-13(9)18)21-8-15(20)19-11-4-2-3-10(16)6-11/h2-7H,8,18H2,1H3,(H,19,20). The number of hydrogen-bond donors (Lipinski definition) is 2. The number of rotatable bonds is 4. The first kappa shape index (κ1) is 15.1. The monoisotopic (exact) mass is 308 g/mol. The number of carbonyl (C=O) groups excluding carboxylic acids is 1. The summed E-state index contributed by atoms with van der Waals surface area (Å²) in [5.74, 6) is -1.03. The van der Waals surface area contributed by atoms with Crippen LogP contribution in [0.1, 0.15) is 5.56 Å². The Morgan fingerprint density at radius 3 is 2.86 bits per heavy atom. The molecule has 0 saturated heterocycles. The van der Waals surface area contributed by atoms with Gasteiger partial charge in [0.25, 0.3) is 5.91 Å². The molecule has 0 fully saturated rings. The van der Waals surface area contributed by atoms with Crippen molar-refractivity contribution in [2.24, 2.45) is 0 Å². The third kappa shape index (κ3) is 4.10. The van der Waals surface area contributed by atoms with Crippen LogP contribution in [0.3, 0.4) is 0 Å². The van der Waals surface area contributed by atoms with E-state index < -0.39 is 11.7 Å². The first-order valence-corrected chi connectivity index (χ1v) is 6.57. The van der Waals surface area contributed by atoms with Gasteiger partial charge in [0.2, 0.25) is 0 Å². The van der Waals surface area contributed by atoms with Crippen molar-refractivity contribution in [1.82, 2.24) is 0 Å². The summed E-state index contributed by atoms with van der Waals surface area (Å²) in [6, 6.07) is 9.32. The van der Waals surface area contributed by atoms with E-state index in [2.05, 4.69) is 5.32 Å². The maximum atomic E-state index is 13.6. The van der Waals surface area contributed by atoms with Crippen molar-refractivity contribution in [1.29, 1.82) is 0 Å². The molecule has 2 aromatic carbocycles. The number of benzene rings is 2. The second kappa shape index (κ2) is 6.45. The van der Waals surface area contributed by atoms with E-state index in [-0.39, 0.29) is 12.4 Å². The number of halogens is 2. The van der Waals surface area contributed by atoms with Gasteiger partial charge in [-0.2, -0.15) is 0 Å². The van der Waals surface area contributed by atoms with Gasteiger partial charge in [-0.25, -0.2) is 4.39 Å². The summed E-state index contributed by atoms with van der Waals surface area (Å²) < 4.78 is 18.8. The maximum absolute atomic E-state index is 13.6. The van der Waals surface area contributed by atoms with Crippen LogP contribution in [0.4, 0.5) is 15.8 Å². The highest BCUT2D eigenvalue weighted by Gasteiger charge is 2.09. The smallest absolute Gasteiger partial charge is 0.262 e. The first-order valence-electron chi connectivity index (χ1n) is 6.19. The van der Waals surface area contributed by atoms with Crippen LogP contribution in [0.2, 0.25) is 5.02 Å². The van der Waals surface area contributed by atoms with E-state index in [0.717, 1.165) is 0 Å². The van der Waals surface area contributed by atoms with Gasteiger partial charge in [0, 0.05) is 22.5 Å². The van der Waals surface area contributed by atoms with Gasteiger partial charge in [0.15, 0.2) is 18.2 Å². The van der Waals surface area contributed by atoms with E-state index in [4.69, 9.17) is 22.1 Å². The Morgan fingerprint density at radius 1 is 1.38 bits per heavy atom. The molecule has 6 heteroatoms. The molecule has 0 heterocycles. The number of hydrogen-bond acceptors (Lipinski definition) is 3. The molecular weight excluding hydrogens is 295 g/mol. The molecule has 0 aliphatic rings. The van der Waals surface area contributed by atoms with E-state index in [1.807, 2.05) is 0 Å². The second-order valence-corrected chi connectivity index (χ2v) is 4.92. The lowest BCUT2D eigenvalue weighted by molar-refractivity contribution is -0.118. The summed E-state index contributed by atoms with van der Waals surface area (Å²) in [4.78, 5) is 11.7. The number of nitrogens with two attached hydrogens (primary N) is 1. The van der Waals surface area contributed by atoms with Gasteiger partial charge >= 0.3 is 0 Å². The zero-order valence-corrected chi connectivity index (χ0v) is 12.1. The molecule has 0 aromatic heterocycles. The van der Waals surface area contributed by atoms with Gasteiger partial charge < -0.3 is 15.8 Å². The lowest BCUT2D eigenvalue weighted by Crippen LogP contribution is -2.20. The molecule has 0 aliphatic heterocycles. The minimum Gasteiger partial charge on any atom is -0.481 e. The van der Waals surface area contributed by atoms with E-state index in [9.17, 15) is 9.18 Å². The van der Waals surface area contributed by atoms with Crippen molar-refractivity contribution >= 4 is 28.9 Å². The molecule has 0 spiro atoms. The molecule has 110 valence electrons. The van der Waals surface area contributed by atoms with E-state index in [1.165, 1.54) is 12.1 Å². The molecule has 0 atom stereocenters. The Hall–Kier alpha value is -2.27. The molecule has 0 aliphatic carbocycles. The Kier molecular flexibility index (Phi) is 4.65. The summed E-state index contributed by atoms with van der Waals surface area (Å²) in [5.41, 5.74) is 7.14. The van der Waals surface area contributed by atoms with Crippen LogP contribution in [0.15, 0.2) is 36.4 Å². The van der Waals surface area contributed by atoms with Crippen LogP contribution >= 0.6 is 11.6 Å². The van der Waals surface area contributed by atoms with Crippen LogP contribution < -0.4 is 15.8 Å². The minimum absolute atomic E-state index is 0.0112. The Morgan fingerprint density at radius 2 is 2.14 bits per heavy atom. The average Bonchev–Trinajstić information content (AvgIpc) is 2.41. The largest absolute Gasteiger partial charge is 0.481 e. The SMILES string of the molecule is Cc1cc(OCC(=O)Nc2cccc(Cl)c2)c(F)cc1N. The second-order valence-electron chi connectivity index (χ2n) is 4.49. The van der Waals surface area contributed by atoms with Crippen molar-refractivity contribution in [3.05, 3.63) is 52.8 Å². The number of carbonyl (C=O) groups is 1. The zero-order valence-electron chi connectivity index (χ0n) is 11.3. The summed E-state index contributed by atoms with van der Waals surface area (Å²) in [5, 5.41) is 3.11. The first-order chi connectivity index (χ1) is 9.95. The molecular formula is C15H14ClFN2O2. The number of anilines is 2. The van der Waals surface area contributed by atoms with Crippen LogP contribution in [-0.4, -0.2) is 12.5 Å². The highest BCUT2D eigenvalue weighted by molar-refractivity contribution is 6.30. The van der Waals surface area contributed by atoms with Gasteiger partial charge in [-0.15, -0.1) is 0 Å². The number of ether oxygens (including phenoxy) is 1. The fraction of sp³-hybridized carbons (Fsp3) is 0.133. The number of aryl methyl sites for hydroxylation is 1. The number of amides is 1. The summed E-state index contributed by atoms with van der Waals surface area (Å²) in [7, 11) is 0. The normalized spacial score (nSPS) is 10.2. The van der Waals surface area contributed by atoms with Crippen LogP contribution in [0.5, 0.6) is 5.75 Å². The quantitative estimate of drug-likeness (QED) is 0.851. The molecule has 0 radical (unpaired) electrons. The molecule has 3 N–H and O–H groups in total. The van der Waals surface area contributed by atoms with Gasteiger partial charge in [-0.1, -0.05) is 17.7 Å². The van der Waals surface area contributed by atoms with Gasteiger partial charge in [-0.3, -0.25) is 4.79 Å². The molecule has 1 amide bonds. The van der Waals surface area contributed by atoms with Crippen molar-refractivity contribution in [2.75, 3.05) is 17.7 Å². The van der Waals surface area contributed by atoms with Crippen molar-refractivity contribution in [3.8, 4) is 5.75 Å². The summed E-state index contributed by atoms with van der Waals surface area (Å²) in [6.07, 6.45) is 0. The Bertz CT molecular complexity index is 677. The summed E-state index contributed by atoms with van der Waals surface area (Å²) >= 11 is 5.81. The maximum Gasteiger partial charge on any atom is 0.262 e. The lowest BCUT2D eigenvalue weighted by atomic mass is 10.2. The van der Waals surface area contributed by atoms with Gasteiger partial charge in [-0.05, 0) is 36.8 Å². The lowest BCUT2D eigenvalue weighted by Gasteiger charge is -2.10. The molecule has 0 saturated carbocycles. The average molecular weight is 309 g/mol. The fourth-order valence-corrected chi connectivity index (χ4v) is 1.88. The molecule has 2 rings (SSSR count). The molecule has 4 nitrogen and oxygen atoms in total. The molecule has 2 aromatic rings. The highest BCUT2D eigenvalue weighted by atomic mass is 35.5. The van der Waals surface area contributed by atoms with Crippen LogP contribution in [0.25, 0.3) is 0 Å². The van der Waals surface area contributed by atoms with Crippen molar-refractivity contribution in [2.45, 2.75) is 6.92 Å². The Labute approximate surface area is 126 Å². The molecule has 0 bridgehead atoms. The predicted molar refractivity (Wildman–Crippen MR) is 81.1 cm³/mol. The van der Waals surface area contributed by atoms with Gasteiger partial charge in [0.1, 0.15) is 0 Å². The molecule has 0 unspecified atom stereocenters. The van der Waals surface area contributed by atoms with E-state index in [1.54, 1.807) is 31.2 Å². The summed E-state index contributed by atoms with van der Waals surface area (Å²) in [6.45, 7) is 1.42. The van der Waals surface area contributed by atoms with Crippen molar-refractivity contribution < 1.29 is 13.9 Å².